The number of nitrogens with zero attached hydrogens (tertiary/aromatic N) is 3. The Bertz CT molecular complexity index is 777. The highest BCUT2D eigenvalue weighted by molar-refractivity contribution is 5.94. The van der Waals surface area contributed by atoms with Crippen molar-refractivity contribution in [1.29, 1.82) is 5.26 Å². The van der Waals surface area contributed by atoms with Gasteiger partial charge in [-0.1, -0.05) is 0 Å². The third-order valence-corrected chi connectivity index (χ3v) is 3.50. The lowest BCUT2D eigenvalue weighted by atomic mass is 9.96. The maximum absolute atomic E-state index is 12.4. The number of methoxy groups -OCH3 is 1. The van der Waals surface area contributed by atoms with E-state index in [1.54, 1.807) is 6.92 Å². The molecule has 0 bridgehead atoms. The van der Waals surface area contributed by atoms with Crippen molar-refractivity contribution < 1.29 is 19.2 Å². The number of aliphatic imine (C=N–C) groups is 1. The van der Waals surface area contributed by atoms with E-state index in [-0.39, 0.29) is 30.3 Å². The molecule has 0 saturated heterocycles. The van der Waals surface area contributed by atoms with Crippen LogP contribution in [0.25, 0.3) is 0 Å². The monoisotopic (exact) mass is 344 g/mol. The molecule has 1 N–H and O–H groups in total. The molecule has 2 rings (SSSR count). The van der Waals surface area contributed by atoms with E-state index < -0.39 is 16.9 Å². The summed E-state index contributed by atoms with van der Waals surface area (Å²) in [5.74, 6) is -0.609. The molecule has 0 amide bonds. The van der Waals surface area contributed by atoms with Gasteiger partial charge < -0.3 is 14.8 Å². The molecule has 0 fully saturated rings. The van der Waals surface area contributed by atoms with Crippen LogP contribution in [-0.4, -0.2) is 30.6 Å². The van der Waals surface area contributed by atoms with Crippen LogP contribution in [0.1, 0.15) is 24.9 Å². The SMILES string of the molecule is COC1=NC(c2ccc([N+](=O)[O-])cc2)C(C(=O)OCCC#N)=C(C)N1. The molecule has 1 aliphatic heterocycles. The fourth-order valence-corrected chi connectivity index (χ4v) is 2.30. The smallest absolute Gasteiger partial charge is 0.338 e. The number of nitro groups is 1. The van der Waals surface area contributed by atoms with E-state index in [4.69, 9.17) is 14.7 Å². The molecule has 9 heteroatoms. The Morgan fingerprint density at radius 2 is 2.12 bits per heavy atom. The summed E-state index contributed by atoms with van der Waals surface area (Å²) in [7, 11) is 1.43. The van der Waals surface area contributed by atoms with Crippen molar-refractivity contribution >= 4 is 17.7 Å². The number of hydrogen-bond donors (Lipinski definition) is 1. The standard InChI is InChI=1S/C16H16N4O5/c1-10-13(15(21)25-9-3-8-17)14(19-16(18-10)24-2)11-4-6-12(7-5-11)20(22)23/h4-7,14H,3,9H2,1-2H3,(H,18,19). The normalized spacial score (nSPS) is 16.4. The Morgan fingerprint density at radius 1 is 1.44 bits per heavy atom. The van der Waals surface area contributed by atoms with Crippen LogP contribution in [0.5, 0.6) is 0 Å². The summed E-state index contributed by atoms with van der Waals surface area (Å²) in [6.45, 7) is 1.65. The number of ether oxygens (including phenoxy) is 2. The lowest BCUT2D eigenvalue weighted by Crippen LogP contribution is -2.33. The number of amidine groups is 1. The van der Waals surface area contributed by atoms with E-state index in [1.807, 2.05) is 6.07 Å². The summed E-state index contributed by atoms with van der Waals surface area (Å²) < 4.78 is 10.2. The summed E-state index contributed by atoms with van der Waals surface area (Å²) in [5.41, 5.74) is 1.27. The Kier molecular flexibility index (Phi) is 5.68. The van der Waals surface area contributed by atoms with Gasteiger partial charge in [0.05, 0.1) is 30.1 Å². The van der Waals surface area contributed by atoms with Crippen LogP contribution < -0.4 is 5.32 Å². The molecule has 1 unspecified atom stereocenters. The number of benzene rings is 1. The summed E-state index contributed by atoms with van der Waals surface area (Å²) in [6.07, 6.45) is 0.0836. The molecule has 0 aliphatic carbocycles. The number of esters is 1. The Morgan fingerprint density at radius 3 is 2.68 bits per heavy atom. The van der Waals surface area contributed by atoms with Gasteiger partial charge in [-0.3, -0.25) is 10.1 Å². The molecule has 130 valence electrons. The van der Waals surface area contributed by atoms with Crippen LogP contribution in [0, 0.1) is 21.4 Å². The molecule has 25 heavy (non-hydrogen) atoms. The highest BCUT2D eigenvalue weighted by atomic mass is 16.6. The largest absolute Gasteiger partial charge is 0.468 e. The minimum absolute atomic E-state index is 0.0278. The van der Waals surface area contributed by atoms with E-state index >= 15 is 0 Å². The molecule has 0 radical (unpaired) electrons. The zero-order chi connectivity index (χ0) is 18.4. The lowest BCUT2D eigenvalue weighted by molar-refractivity contribution is -0.384. The van der Waals surface area contributed by atoms with Crippen LogP contribution in [0.15, 0.2) is 40.5 Å². The van der Waals surface area contributed by atoms with Gasteiger partial charge in [-0.05, 0) is 24.6 Å². The molecule has 0 spiro atoms. The summed E-state index contributed by atoms with van der Waals surface area (Å²) in [5, 5.41) is 22.2. The molecule has 1 atom stereocenters. The predicted molar refractivity (Wildman–Crippen MR) is 87.3 cm³/mol. The molecule has 1 aromatic rings. The number of non-ortho nitro benzene ring substituents is 1. The summed E-state index contributed by atoms with van der Waals surface area (Å²) >= 11 is 0. The second-order valence-corrected chi connectivity index (χ2v) is 5.10. The second kappa shape index (κ2) is 7.92. The van der Waals surface area contributed by atoms with Crippen molar-refractivity contribution in [3.8, 4) is 6.07 Å². The Balaban J connectivity index is 2.36. The third-order valence-electron chi connectivity index (χ3n) is 3.50. The van der Waals surface area contributed by atoms with E-state index in [2.05, 4.69) is 10.3 Å². The van der Waals surface area contributed by atoms with Gasteiger partial charge in [0.2, 0.25) is 0 Å². The van der Waals surface area contributed by atoms with Gasteiger partial charge in [-0.25, -0.2) is 9.79 Å². The number of rotatable bonds is 5. The highest BCUT2D eigenvalue weighted by Crippen LogP contribution is 2.32. The van der Waals surface area contributed by atoms with Gasteiger partial charge in [0, 0.05) is 17.8 Å². The van der Waals surface area contributed by atoms with E-state index in [9.17, 15) is 14.9 Å². The number of nitro benzene ring substituents is 1. The van der Waals surface area contributed by atoms with Crippen molar-refractivity contribution in [2.24, 2.45) is 4.99 Å². The number of nitrogens with one attached hydrogen (secondary N) is 1. The number of nitriles is 1. The number of allylic oxidation sites excluding steroid dienone is 1. The van der Waals surface area contributed by atoms with Crippen molar-refractivity contribution in [1.82, 2.24) is 5.32 Å². The maximum Gasteiger partial charge on any atom is 0.338 e. The highest BCUT2D eigenvalue weighted by Gasteiger charge is 2.31. The zero-order valence-corrected chi connectivity index (χ0v) is 13.7. The predicted octanol–water partition coefficient (Wildman–Crippen LogP) is 1.97. The second-order valence-electron chi connectivity index (χ2n) is 5.10. The van der Waals surface area contributed by atoms with Gasteiger partial charge in [0.25, 0.3) is 11.7 Å². The zero-order valence-electron chi connectivity index (χ0n) is 13.7. The molecule has 1 aromatic carbocycles. The summed E-state index contributed by atoms with van der Waals surface area (Å²) in [4.78, 5) is 27.0. The molecule has 9 nitrogen and oxygen atoms in total. The first-order valence-electron chi connectivity index (χ1n) is 7.36. The first-order chi connectivity index (χ1) is 12.0. The number of carbonyl (C=O) groups excluding carboxylic acids is 1. The van der Waals surface area contributed by atoms with Crippen molar-refractivity contribution in [3.05, 3.63) is 51.2 Å². The average Bonchev–Trinajstić information content (AvgIpc) is 2.61. The lowest BCUT2D eigenvalue weighted by Gasteiger charge is -2.25. The van der Waals surface area contributed by atoms with Crippen LogP contribution in [0.2, 0.25) is 0 Å². The Labute approximate surface area is 143 Å². The van der Waals surface area contributed by atoms with Gasteiger partial charge >= 0.3 is 5.97 Å². The van der Waals surface area contributed by atoms with Crippen LogP contribution in [0.4, 0.5) is 5.69 Å². The minimum atomic E-state index is -0.730. The maximum atomic E-state index is 12.4. The van der Waals surface area contributed by atoms with Crippen molar-refractivity contribution in [2.45, 2.75) is 19.4 Å². The number of carbonyl (C=O) groups is 1. The number of hydrogen-bond acceptors (Lipinski definition) is 8. The molecule has 1 aliphatic rings. The molecule has 1 heterocycles. The fraction of sp³-hybridized carbons (Fsp3) is 0.312. The van der Waals surface area contributed by atoms with Crippen LogP contribution >= 0.6 is 0 Å². The van der Waals surface area contributed by atoms with Crippen LogP contribution in [-0.2, 0) is 14.3 Å². The molecular formula is C16H16N4O5. The first-order valence-corrected chi connectivity index (χ1v) is 7.36. The average molecular weight is 344 g/mol. The van der Waals surface area contributed by atoms with Gasteiger partial charge in [-0.2, -0.15) is 5.26 Å². The summed E-state index contributed by atoms with van der Waals surface area (Å²) in [6, 6.07) is 7.12. The minimum Gasteiger partial charge on any atom is -0.468 e. The van der Waals surface area contributed by atoms with Crippen molar-refractivity contribution in [2.75, 3.05) is 13.7 Å². The van der Waals surface area contributed by atoms with E-state index in [0.717, 1.165) is 0 Å². The molecule has 0 saturated carbocycles. The van der Waals surface area contributed by atoms with Gasteiger partial charge in [0.15, 0.2) is 0 Å². The fourth-order valence-electron chi connectivity index (χ4n) is 2.30. The topological polar surface area (TPSA) is 127 Å². The molecular weight excluding hydrogens is 328 g/mol. The van der Waals surface area contributed by atoms with Gasteiger partial charge in [0.1, 0.15) is 12.6 Å². The third kappa shape index (κ3) is 4.11. The van der Waals surface area contributed by atoms with Gasteiger partial charge in [-0.15, -0.1) is 0 Å². The Hall–Kier alpha value is -3.41. The van der Waals surface area contributed by atoms with Crippen molar-refractivity contribution in [3.63, 3.8) is 0 Å². The quantitative estimate of drug-likeness (QED) is 0.374. The van der Waals surface area contributed by atoms with Crippen LogP contribution in [0.3, 0.4) is 0 Å². The van der Waals surface area contributed by atoms with E-state index in [1.165, 1.54) is 31.4 Å². The molecule has 0 aromatic heterocycles. The first kappa shape index (κ1) is 17.9. The van der Waals surface area contributed by atoms with E-state index in [0.29, 0.717) is 11.3 Å².